The second-order valence-corrected chi connectivity index (χ2v) is 4.88. The molecule has 7 nitrogen and oxygen atoms in total. The number of nitrogens with two attached hydrogens (primary N) is 2. The van der Waals surface area contributed by atoms with Gasteiger partial charge in [-0.15, -0.1) is 12.4 Å². The van der Waals surface area contributed by atoms with Gasteiger partial charge in [0.2, 0.25) is 0 Å². The van der Waals surface area contributed by atoms with Crippen molar-refractivity contribution in [1.29, 1.82) is 0 Å². The van der Waals surface area contributed by atoms with Gasteiger partial charge in [-0.25, -0.2) is 4.57 Å². The minimum absolute atomic E-state index is 0. The predicted octanol–water partition coefficient (Wildman–Crippen LogP) is 0.534. The Bertz CT molecular complexity index is 474. The van der Waals surface area contributed by atoms with Crippen LogP contribution in [-0.4, -0.2) is 22.3 Å². The van der Waals surface area contributed by atoms with Gasteiger partial charge in [0.05, 0.1) is 6.61 Å². The third kappa shape index (κ3) is 8.58. The molecule has 0 bridgehead atoms. The Balaban J connectivity index is 0.00000324. The van der Waals surface area contributed by atoms with E-state index >= 15 is 0 Å². The first-order chi connectivity index (χ1) is 8.37. The van der Waals surface area contributed by atoms with E-state index in [1.807, 2.05) is 6.07 Å². The first kappa shape index (κ1) is 17.9. The zero-order valence-electron chi connectivity index (χ0n) is 10.1. The molecule has 0 unspecified atom stereocenters. The summed E-state index contributed by atoms with van der Waals surface area (Å²) in [5.41, 5.74) is 12.1. The largest absolute Gasteiger partial charge is 0.469 e. The SMILES string of the molecule is Cl.NC(N)=NCCc1cccc(COP(=O)(O)O)c1. The van der Waals surface area contributed by atoms with Gasteiger partial charge >= 0.3 is 7.82 Å². The topological polar surface area (TPSA) is 131 Å². The van der Waals surface area contributed by atoms with Gasteiger partial charge in [-0.1, -0.05) is 24.3 Å². The summed E-state index contributed by atoms with van der Waals surface area (Å²) in [6.45, 7) is 0.325. The van der Waals surface area contributed by atoms with Crippen LogP contribution in [0.3, 0.4) is 0 Å². The van der Waals surface area contributed by atoms with E-state index in [-0.39, 0.29) is 25.0 Å². The van der Waals surface area contributed by atoms with Gasteiger partial charge < -0.3 is 21.3 Å². The van der Waals surface area contributed by atoms with Crippen LogP contribution in [0.5, 0.6) is 0 Å². The van der Waals surface area contributed by atoms with Gasteiger partial charge in [0, 0.05) is 6.54 Å². The van der Waals surface area contributed by atoms with Crippen molar-refractivity contribution in [2.24, 2.45) is 16.5 Å². The van der Waals surface area contributed by atoms with Crippen molar-refractivity contribution in [2.75, 3.05) is 6.54 Å². The van der Waals surface area contributed by atoms with Crippen molar-refractivity contribution >= 4 is 26.2 Å². The number of phosphoric ester groups is 1. The maximum Gasteiger partial charge on any atom is 0.469 e. The lowest BCUT2D eigenvalue weighted by atomic mass is 10.1. The standard InChI is InChI=1S/C10H16N3O4P.ClH/c11-10(12)13-5-4-8-2-1-3-9(6-8)7-17-18(14,15)16;/h1-3,6H,4-5,7H2,(H4,11,12,13)(H2,14,15,16);1H. The maximum atomic E-state index is 10.6. The maximum absolute atomic E-state index is 10.6. The summed E-state index contributed by atoms with van der Waals surface area (Å²) in [6.07, 6.45) is 0.641. The summed E-state index contributed by atoms with van der Waals surface area (Å²) >= 11 is 0. The highest BCUT2D eigenvalue weighted by Gasteiger charge is 2.13. The molecular formula is C10H17ClN3O4P. The Morgan fingerprint density at radius 2 is 1.95 bits per heavy atom. The van der Waals surface area contributed by atoms with Crippen molar-refractivity contribution in [1.82, 2.24) is 0 Å². The first-order valence-corrected chi connectivity index (χ1v) is 6.73. The minimum Gasteiger partial charge on any atom is -0.370 e. The zero-order valence-corrected chi connectivity index (χ0v) is 11.8. The molecule has 0 atom stereocenters. The molecule has 1 aromatic rings. The van der Waals surface area contributed by atoms with E-state index in [0.29, 0.717) is 18.5 Å². The molecule has 0 aliphatic heterocycles. The molecule has 0 radical (unpaired) electrons. The number of hydrogen-bond donors (Lipinski definition) is 4. The molecule has 0 aliphatic rings. The monoisotopic (exact) mass is 309 g/mol. The van der Waals surface area contributed by atoms with Crippen LogP contribution < -0.4 is 11.5 Å². The van der Waals surface area contributed by atoms with E-state index in [1.165, 1.54) is 0 Å². The van der Waals surface area contributed by atoms with Gasteiger partial charge in [-0.3, -0.25) is 9.52 Å². The molecule has 0 aliphatic carbocycles. The second kappa shape index (κ2) is 8.14. The predicted molar refractivity (Wildman–Crippen MR) is 74.9 cm³/mol. The number of guanidine groups is 1. The fraction of sp³-hybridized carbons (Fsp3) is 0.300. The molecule has 0 saturated carbocycles. The number of benzene rings is 1. The van der Waals surface area contributed by atoms with E-state index in [2.05, 4.69) is 9.52 Å². The lowest BCUT2D eigenvalue weighted by Crippen LogP contribution is -2.23. The lowest BCUT2D eigenvalue weighted by Gasteiger charge is -2.06. The highest BCUT2D eigenvalue weighted by atomic mass is 35.5. The summed E-state index contributed by atoms with van der Waals surface area (Å²) < 4.78 is 15.0. The molecule has 6 N–H and O–H groups in total. The van der Waals surface area contributed by atoms with E-state index in [4.69, 9.17) is 21.3 Å². The summed E-state index contributed by atoms with van der Waals surface area (Å²) in [5, 5.41) is 0. The highest BCUT2D eigenvalue weighted by Crippen LogP contribution is 2.36. The van der Waals surface area contributed by atoms with Crippen molar-refractivity contribution < 1.29 is 18.9 Å². The van der Waals surface area contributed by atoms with Crippen molar-refractivity contribution in [3.63, 3.8) is 0 Å². The Morgan fingerprint density at radius 3 is 2.53 bits per heavy atom. The van der Waals surface area contributed by atoms with Crippen LogP contribution in [0.4, 0.5) is 0 Å². The van der Waals surface area contributed by atoms with E-state index in [0.717, 1.165) is 5.56 Å². The first-order valence-electron chi connectivity index (χ1n) is 5.20. The molecule has 0 spiro atoms. The van der Waals surface area contributed by atoms with Crippen LogP contribution in [0.15, 0.2) is 29.3 Å². The third-order valence-corrected chi connectivity index (χ3v) is 2.55. The van der Waals surface area contributed by atoms with Crippen LogP contribution in [0.2, 0.25) is 0 Å². The smallest absolute Gasteiger partial charge is 0.370 e. The van der Waals surface area contributed by atoms with Gasteiger partial charge in [0.15, 0.2) is 5.96 Å². The van der Waals surface area contributed by atoms with Crippen LogP contribution in [0.1, 0.15) is 11.1 Å². The molecule has 0 fully saturated rings. The van der Waals surface area contributed by atoms with Crippen LogP contribution in [0, 0.1) is 0 Å². The van der Waals surface area contributed by atoms with Crippen molar-refractivity contribution in [3.05, 3.63) is 35.4 Å². The van der Waals surface area contributed by atoms with Gasteiger partial charge in [0.1, 0.15) is 0 Å². The number of nitrogens with zero attached hydrogens (tertiary/aromatic N) is 1. The number of hydrogen-bond acceptors (Lipinski definition) is 3. The molecule has 1 rings (SSSR count). The molecular weight excluding hydrogens is 293 g/mol. The van der Waals surface area contributed by atoms with Crippen LogP contribution >= 0.6 is 20.2 Å². The minimum atomic E-state index is -4.44. The van der Waals surface area contributed by atoms with Gasteiger partial charge in [0.25, 0.3) is 0 Å². The number of aliphatic imine (C=N–C) groups is 1. The van der Waals surface area contributed by atoms with Gasteiger partial charge in [-0.05, 0) is 17.5 Å². The molecule has 0 aromatic heterocycles. The number of phosphoric acid groups is 1. The molecule has 19 heavy (non-hydrogen) atoms. The van der Waals surface area contributed by atoms with Crippen molar-refractivity contribution in [3.8, 4) is 0 Å². The lowest BCUT2D eigenvalue weighted by molar-refractivity contribution is 0.189. The third-order valence-electron chi connectivity index (χ3n) is 2.09. The van der Waals surface area contributed by atoms with Crippen LogP contribution in [-0.2, 0) is 22.1 Å². The summed E-state index contributed by atoms with van der Waals surface area (Å²) in [6, 6.07) is 7.17. The molecule has 0 saturated heterocycles. The average molecular weight is 310 g/mol. The Morgan fingerprint density at radius 1 is 1.32 bits per heavy atom. The number of rotatable bonds is 6. The fourth-order valence-corrected chi connectivity index (χ4v) is 1.66. The normalized spacial score (nSPS) is 10.6. The highest BCUT2D eigenvalue weighted by molar-refractivity contribution is 7.46. The number of halogens is 1. The molecule has 108 valence electrons. The molecule has 0 heterocycles. The van der Waals surface area contributed by atoms with Crippen molar-refractivity contribution in [2.45, 2.75) is 13.0 Å². The molecule has 1 aromatic carbocycles. The summed E-state index contributed by atoms with van der Waals surface area (Å²) in [4.78, 5) is 21.0. The quantitative estimate of drug-likeness (QED) is 0.344. The Kier molecular flexibility index (Phi) is 7.66. The summed E-state index contributed by atoms with van der Waals surface area (Å²) in [7, 11) is -4.44. The molecule has 9 heteroatoms. The fourth-order valence-electron chi connectivity index (χ4n) is 1.35. The van der Waals surface area contributed by atoms with E-state index in [9.17, 15) is 4.57 Å². The van der Waals surface area contributed by atoms with E-state index in [1.54, 1.807) is 18.2 Å². The van der Waals surface area contributed by atoms with E-state index < -0.39 is 7.82 Å². The van der Waals surface area contributed by atoms with Gasteiger partial charge in [-0.2, -0.15) is 0 Å². The van der Waals surface area contributed by atoms with Crippen LogP contribution in [0.25, 0.3) is 0 Å². The Hall–Kier alpha value is -1.11. The molecule has 0 amide bonds. The second-order valence-electron chi connectivity index (χ2n) is 3.64. The average Bonchev–Trinajstić information content (AvgIpc) is 2.26. The summed E-state index contributed by atoms with van der Waals surface area (Å²) in [5.74, 6) is 0.0380. The zero-order chi connectivity index (χ0) is 13.6. The Labute approximate surface area is 117 Å².